The first kappa shape index (κ1) is 26.0. The maximum absolute atomic E-state index is 14.7. The van der Waals surface area contributed by atoms with Gasteiger partial charge in [-0.05, 0) is 60.9 Å². The van der Waals surface area contributed by atoms with Crippen molar-refractivity contribution in [2.45, 2.75) is 33.1 Å². The first-order valence-corrected chi connectivity index (χ1v) is 12.2. The van der Waals surface area contributed by atoms with Crippen molar-refractivity contribution < 1.29 is 27.4 Å². The van der Waals surface area contributed by atoms with Gasteiger partial charge in [0.2, 0.25) is 5.82 Å². The third-order valence-corrected chi connectivity index (χ3v) is 6.00. The van der Waals surface area contributed by atoms with E-state index in [1.165, 1.54) is 30.3 Å². The van der Waals surface area contributed by atoms with Crippen LogP contribution in [-0.2, 0) is 0 Å². The van der Waals surface area contributed by atoms with Crippen LogP contribution in [0.15, 0.2) is 78.9 Å². The second-order valence-electron chi connectivity index (χ2n) is 8.77. The lowest BCUT2D eigenvalue weighted by Crippen LogP contribution is -2.10. The van der Waals surface area contributed by atoms with Gasteiger partial charge in [-0.15, -0.1) is 0 Å². The van der Waals surface area contributed by atoms with Crippen LogP contribution in [0.3, 0.4) is 0 Å². The Bertz CT molecular complexity index is 1380. The van der Waals surface area contributed by atoms with Gasteiger partial charge in [0.15, 0.2) is 11.6 Å². The van der Waals surface area contributed by atoms with Gasteiger partial charge in [0.25, 0.3) is 0 Å². The molecule has 4 aromatic rings. The van der Waals surface area contributed by atoms with E-state index in [4.69, 9.17) is 9.47 Å². The zero-order chi connectivity index (χ0) is 26.4. The topological polar surface area (TPSA) is 35.5 Å². The second kappa shape index (κ2) is 11.8. The molecular weight excluding hydrogens is 477 g/mol. The van der Waals surface area contributed by atoms with Crippen molar-refractivity contribution >= 4 is 5.97 Å². The highest BCUT2D eigenvalue weighted by Gasteiger charge is 2.19. The van der Waals surface area contributed by atoms with Gasteiger partial charge < -0.3 is 9.47 Å². The van der Waals surface area contributed by atoms with Gasteiger partial charge >= 0.3 is 5.97 Å². The molecule has 0 bridgehead atoms. The van der Waals surface area contributed by atoms with Gasteiger partial charge in [0.05, 0.1) is 12.2 Å². The maximum Gasteiger partial charge on any atom is 0.343 e. The fourth-order valence-electron chi connectivity index (χ4n) is 3.87. The van der Waals surface area contributed by atoms with Crippen molar-refractivity contribution in [1.82, 2.24) is 0 Å². The number of ether oxygens (including phenoxy) is 2. The number of rotatable bonds is 9. The number of carbonyl (C=O) groups is 1. The molecular formula is C31H27F3O3. The highest BCUT2D eigenvalue weighted by molar-refractivity contribution is 5.91. The highest BCUT2D eigenvalue weighted by atomic mass is 19.2. The fraction of sp³-hybridized carbons (Fsp3) is 0.194. The minimum absolute atomic E-state index is 0.0704. The van der Waals surface area contributed by atoms with Crippen molar-refractivity contribution in [2.75, 3.05) is 6.61 Å². The van der Waals surface area contributed by atoms with Crippen LogP contribution in [0.2, 0.25) is 0 Å². The summed E-state index contributed by atoms with van der Waals surface area (Å²) in [5.41, 5.74) is 2.59. The average Bonchev–Trinajstić information content (AvgIpc) is 2.90. The summed E-state index contributed by atoms with van der Waals surface area (Å²) in [6, 6.07) is 20.2. The van der Waals surface area contributed by atoms with Crippen LogP contribution in [0.4, 0.5) is 13.2 Å². The molecule has 6 heteroatoms. The molecule has 0 aliphatic heterocycles. The van der Waals surface area contributed by atoms with E-state index in [-0.39, 0.29) is 11.1 Å². The average molecular weight is 505 g/mol. The molecule has 0 aromatic heterocycles. The lowest BCUT2D eigenvalue weighted by atomic mass is 10.0. The Labute approximate surface area is 214 Å². The Morgan fingerprint density at radius 2 is 1.41 bits per heavy atom. The molecule has 0 aliphatic rings. The van der Waals surface area contributed by atoms with Gasteiger partial charge in [-0.1, -0.05) is 61.7 Å². The Morgan fingerprint density at radius 3 is 2.08 bits per heavy atom. The van der Waals surface area contributed by atoms with Gasteiger partial charge in [-0.3, -0.25) is 0 Å². The molecule has 0 aliphatic carbocycles. The van der Waals surface area contributed by atoms with Crippen LogP contribution in [0.25, 0.3) is 22.3 Å². The normalized spacial score (nSPS) is 10.8. The third-order valence-electron chi connectivity index (χ3n) is 6.00. The van der Waals surface area contributed by atoms with Crippen LogP contribution in [0.1, 0.15) is 42.1 Å². The molecule has 0 saturated heterocycles. The van der Waals surface area contributed by atoms with Gasteiger partial charge in [-0.2, -0.15) is 4.39 Å². The Morgan fingerprint density at radius 1 is 0.757 bits per heavy atom. The van der Waals surface area contributed by atoms with Crippen molar-refractivity contribution in [2.24, 2.45) is 0 Å². The first-order chi connectivity index (χ1) is 17.9. The molecule has 0 radical (unpaired) electrons. The molecule has 190 valence electrons. The number of hydrogen-bond donors (Lipinski definition) is 0. The summed E-state index contributed by atoms with van der Waals surface area (Å²) in [7, 11) is 0. The minimum Gasteiger partial charge on any atom is -0.493 e. The lowest BCUT2D eigenvalue weighted by molar-refractivity contribution is 0.0727. The molecule has 0 saturated carbocycles. The zero-order valence-corrected chi connectivity index (χ0v) is 20.7. The number of esters is 1. The number of hydrogen-bond acceptors (Lipinski definition) is 3. The molecule has 3 nitrogen and oxygen atoms in total. The number of benzene rings is 4. The summed E-state index contributed by atoms with van der Waals surface area (Å²) < 4.78 is 54.7. The standard InChI is InChI=1S/C31H27F3O3/c1-3-4-5-18-36-24-14-15-25(27(32)19-24)21-10-12-23(13-11-21)31(35)37-28-17-16-26(29(33)30(28)34)22-8-6-20(2)7-9-22/h6-17,19H,3-5,18H2,1-2H3. The monoisotopic (exact) mass is 504 g/mol. The predicted molar refractivity (Wildman–Crippen MR) is 138 cm³/mol. The molecule has 0 heterocycles. The van der Waals surface area contributed by atoms with E-state index in [1.54, 1.807) is 48.5 Å². The van der Waals surface area contributed by atoms with Crippen LogP contribution in [-0.4, -0.2) is 12.6 Å². The van der Waals surface area contributed by atoms with E-state index in [0.717, 1.165) is 24.8 Å². The zero-order valence-electron chi connectivity index (χ0n) is 20.7. The Balaban J connectivity index is 1.45. The Kier molecular flexibility index (Phi) is 8.29. The van der Waals surface area contributed by atoms with E-state index >= 15 is 0 Å². The molecule has 0 atom stereocenters. The summed E-state index contributed by atoms with van der Waals surface area (Å²) >= 11 is 0. The summed E-state index contributed by atoms with van der Waals surface area (Å²) in [6.07, 6.45) is 3.03. The maximum atomic E-state index is 14.7. The minimum atomic E-state index is -1.25. The van der Waals surface area contributed by atoms with E-state index in [9.17, 15) is 18.0 Å². The van der Waals surface area contributed by atoms with E-state index in [0.29, 0.717) is 29.0 Å². The summed E-state index contributed by atoms with van der Waals surface area (Å²) in [6.45, 7) is 4.53. The van der Waals surface area contributed by atoms with Crippen LogP contribution in [0, 0.1) is 24.4 Å². The molecule has 0 spiro atoms. The first-order valence-electron chi connectivity index (χ1n) is 12.2. The van der Waals surface area contributed by atoms with Gasteiger partial charge in [0, 0.05) is 17.2 Å². The number of carbonyl (C=O) groups excluding carboxylic acids is 1. The molecule has 4 aromatic carbocycles. The van der Waals surface area contributed by atoms with Crippen LogP contribution in [0.5, 0.6) is 11.5 Å². The van der Waals surface area contributed by atoms with Gasteiger partial charge in [-0.25, -0.2) is 13.6 Å². The number of aryl methyl sites for hydroxylation is 1. The quantitative estimate of drug-likeness (QED) is 0.130. The summed E-state index contributed by atoms with van der Waals surface area (Å²) in [4.78, 5) is 12.6. The van der Waals surface area contributed by atoms with Crippen molar-refractivity contribution in [1.29, 1.82) is 0 Å². The summed E-state index contributed by atoms with van der Waals surface area (Å²) in [5, 5.41) is 0. The third kappa shape index (κ3) is 6.20. The fourth-order valence-corrected chi connectivity index (χ4v) is 3.87. The van der Waals surface area contributed by atoms with Crippen LogP contribution < -0.4 is 9.47 Å². The number of halogens is 3. The summed E-state index contributed by atoms with van der Waals surface area (Å²) in [5.74, 6) is -3.71. The van der Waals surface area contributed by atoms with Crippen molar-refractivity contribution in [3.8, 4) is 33.8 Å². The van der Waals surface area contributed by atoms with E-state index in [2.05, 4.69) is 6.92 Å². The molecule has 0 unspecified atom stereocenters. The molecule has 4 rings (SSSR count). The van der Waals surface area contributed by atoms with Gasteiger partial charge in [0.1, 0.15) is 11.6 Å². The lowest BCUT2D eigenvalue weighted by Gasteiger charge is -2.11. The van der Waals surface area contributed by atoms with Crippen molar-refractivity contribution in [3.05, 3.63) is 107 Å². The molecule has 0 fully saturated rings. The van der Waals surface area contributed by atoms with E-state index in [1.807, 2.05) is 6.92 Å². The smallest absolute Gasteiger partial charge is 0.343 e. The Hall–Kier alpha value is -4.06. The largest absolute Gasteiger partial charge is 0.493 e. The SMILES string of the molecule is CCCCCOc1ccc(-c2ccc(C(=O)Oc3ccc(-c4ccc(C)cc4)c(F)c3F)cc2)c(F)c1. The van der Waals surface area contributed by atoms with E-state index < -0.39 is 29.2 Å². The molecule has 0 amide bonds. The van der Waals surface area contributed by atoms with Crippen molar-refractivity contribution in [3.63, 3.8) is 0 Å². The molecule has 37 heavy (non-hydrogen) atoms. The number of unbranched alkanes of at least 4 members (excludes halogenated alkanes) is 2. The highest BCUT2D eigenvalue weighted by Crippen LogP contribution is 2.31. The van der Waals surface area contributed by atoms with Crippen LogP contribution >= 0.6 is 0 Å². The molecule has 0 N–H and O–H groups in total. The predicted octanol–water partition coefficient (Wildman–Crippen LogP) is 8.53. The second-order valence-corrected chi connectivity index (χ2v) is 8.77.